The monoisotopic (exact) mass is 294 g/mol. The number of carbonyl (C=O) groups is 3. The van der Waals surface area contributed by atoms with Gasteiger partial charge in [0.15, 0.2) is 0 Å². The number of urea groups is 1. The average Bonchev–Trinajstić information content (AvgIpc) is 2.93. The van der Waals surface area contributed by atoms with E-state index in [4.69, 9.17) is 5.11 Å². The first-order chi connectivity index (χ1) is 9.53. The predicted molar refractivity (Wildman–Crippen MR) is 71.3 cm³/mol. The lowest BCUT2D eigenvalue weighted by Gasteiger charge is -2.26. The van der Waals surface area contributed by atoms with Gasteiger partial charge in [-0.2, -0.15) is 0 Å². The van der Waals surface area contributed by atoms with E-state index < -0.39 is 29.4 Å². The van der Waals surface area contributed by atoms with E-state index in [1.54, 1.807) is 11.3 Å². The first kappa shape index (κ1) is 13.1. The number of nitrogens with one attached hydrogen (secondary N) is 2. The minimum absolute atomic E-state index is 0.314. The van der Waals surface area contributed by atoms with Gasteiger partial charge in [0.25, 0.3) is 5.91 Å². The maximum absolute atomic E-state index is 12.1. The molecule has 0 spiro atoms. The Kier molecular flexibility index (Phi) is 3.01. The summed E-state index contributed by atoms with van der Waals surface area (Å²) >= 11 is 1.59. The van der Waals surface area contributed by atoms with Gasteiger partial charge in [0.05, 0.1) is 5.92 Å². The van der Waals surface area contributed by atoms with Crippen molar-refractivity contribution in [2.24, 2.45) is 11.8 Å². The third kappa shape index (κ3) is 2.07. The number of thiophene rings is 1. The van der Waals surface area contributed by atoms with Gasteiger partial charge in [-0.15, -0.1) is 11.3 Å². The second-order valence-electron chi connectivity index (χ2n) is 5.25. The molecule has 1 aliphatic heterocycles. The second-order valence-corrected chi connectivity index (χ2v) is 6.28. The van der Waals surface area contributed by atoms with Gasteiger partial charge in [-0.1, -0.05) is 6.07 Å². The summed E-state index contributed by atoms with van der Waals surface area (Å²) in [6.45, 7) is 0. The fourth-order valence-corrected chi connectivity index (χ4v) is 3.62. The molecule has 3 rings (SSSR count). The van der Waals surface area contributed by atoms with E-state index >= 15 is 0 Å². The molecule has 2 fully saturated rings. The number of aryl methyl sites for hydroxylation is 1. The summed E-state index contributed by atoms with van der Waals surface area (Å²) < 4.78 is 0. The van der Waals surface area contributed by atoms with Crippen LogP contribution in [0, 0.1) is 11.8 Å². The van der Waals surface area contributed by atoms with E-state index in [9.17, 15) is 14.4 Å². The lowest BCUT2D eigenvalue weighted by atomic mass is 9.86. The quantitative estimate of drug-likeness (QED) is 0.705. The molecule has 1 saturated heterocycles. The van der Waals surface area contributed by atoms with Gasteiger partial charge in [-0.3, -0.25) is 14.9 Å². The molecule has 1 saturated carbocycles. The van der Waals surface area contributed by atoms with Crippen LogP contribution in [0.15, 0.2) is 17.5 Å². The van der Waals surface area contributed by atoms with Crippen LogP contribution >= 0.6 is 11.3 Å². The van der Waals surface area contributed by atoms with Crippen LogP contribution in [0.4, 0.5) is 4.79 Å². The van der Waals surface area contributed by atoms with Crippen LogP contribution in [0.3, 0.4) is 0 Å². The zero-order valence-corrected chi connectivity index (χ0v) is 11.4. The van der Waals surface area contributed by atoms with Crippen molar-refractivity contribution >= 4 is 29.2 Å². The number of rotatable bonds is 5. The van der Waals surface area contributed by atoms with Gasteiger partial charge in [-0.05, 0) is 30.7 Å². The molecule has 2 heterocycles. The fourth-order valence-electron chi connectivity index (χ4n) is 2.92. The van der Waals surface area contributed by atoms with Crippen LogP contribution < -0.4 is 10.6 Å². The fraction of sp³-hybridized carbons (Fsp3) is 0.462. The zero-order chi connectivity index (χ0) is 14.3. The average molecular weight is 294 g/mol. The minimum atomic E-state index is -1.07. The Morgan fingerprint density at radius 1 is 1.50 bits per heavy atom. The van der Waals surface area contributed by atoms with E-state index in [1.165, 1.54) is 0 Å². The standard InChI is InChI=1S/C13H14N2O4S/c16-10(17)8-6-9(8)13(11(18)14-12(19)15-13)4-3-7-2-1-5-20-7/h1-2,5,8-9H,3-4,6H2,(H,16,17)(H2,14,15,18,19)/t8-,9-,13?/m0/s1. The molecule has 1 unspecified atom stereocenters. The molecule has 1 aliphatic carbocycles. The summed E-state index contributed by atoms with van der Waals surface area (Å²) in [5.74, 6) is -2.15. The van der Waals surface area contributed by atoms with Crippen molar-refractivity contribution in [2.45, 2.75) is 24.8 Å². The zero-order valence-electron chi connectivity index (χ0n) is 10.6. The van der Waals surface area contributed by atoms with Crippen molar-refractivity contribution in [1.29, 1.82) is 0 Å². The molecular weight excluding hydrogens is 280 g/mol. The molecule has 1 aromatic rings. The summed E-state index contributed by atoms with van der Waals surface area (Å²) in [4.78, 5) is 35.7. The lowest BCUT2D eigenvalue weighted by Crippen LogP contribution is -2.50. The first-order valence-electron chi connectivity index (χ1n) is 6.42. The summed E-state index contributed by atoms with van der Waals surface area (Å²) in [6, 6.07) is 3.36. The van der Waals surface area contributed by atoms with Crippen molar-refractivity contribution in [3.8, 4) is 0 Å². The Hall–Kier alpha value is -1.89. The molecule has 7 heteroatoms. The predicted octanol–water partition coefficient (Wildman–Crippen LogP) is 0.980. The minimum Gasteiger partial charge on any atom is -0.481 e. The van der Waals surface area contributed by atoms with Gasteiger partial charge < -0.3 is 10.4 Å². The lowest BCUT2D eigenvalue weighted by molar-refractivity contribution is -0.139. The molecule has 0 bridgehead atoms. The Labute approximate surface area is 119 Å². The molecule has 2 aliphatic rings. The van der Waals surface area contributed by atoms with Crippen LogP contribution in [0.5, 0.6) is 0 Å². The second kappa shape index (κ2) is 4.59. The number of imide groups is 1. The molecule has 1 aromatic heterocycles. The number of carboxylic acids is 1. The molecular formula is C13H14N2O4S. The Balaban J connectivity index is 1.79. The molecule has 0 radical (unpaired) electrons. The van der Waals surface area contributed by atoms with E-state index in [1.807, 2.05) is 17.5 Å². The molecule has 106 valence electrons. The maximum Gasteiger partial charge on any atom is 0.322 e. The summed E-state index contributed by atoms with van der Waals surface area (Å²) in [6.07, 6.45) is 1.52. The number of carbonyl (C=O) groups excluding carboxylic acids is 2. The smallest absolute Gasteiger partial charge is 0.322 e. The van der Waals surface area contributed by atoms with Crippen LogP contribution in [0.25, 0.3) is 0 Å². The highest BCUT2D eigenvalue weighted by Gasteiger charge is 2.62. The van der Waals surface area contributed by atoms with Gasteiger partial charge >= 0.3 is 12.0 Å². The largest absolute Gasteiger partial charge is 0.481 e. The molecule has 20 heavy (non-hydrogen) atoms. The van der Waals surface area contributed by atoms with Crippen LogP contribution in [0.1, 0.15) is 17.7 Å². The van der Waals surface area contributed by atoms with Crippen molar-refractivity contribution in [1.82, 2.24) is 10.6 Å². The summed E-state index contributed by atoms with van der Waals surface area (Å²) in [5, 5.41) is 15.9. The highest BCUT2D eigenvalue weighted by Crippen LogP contribution is 2.49. The first-order valence-corrected chi connectivity index (χ1v) is 7.30. The third-order valence-electron chi connectivity index (χ3n) is 4.06. The van der Waals surface area contributed by atoms with Gasteiger partial charge in [-0.25, -0.2) is 4.79 Å². The number of hydrogen-bond donors (Lipinski definition) is 3. The number of carboxylic acid groups (broad SMARTS) is 1. The third-order valence-corrected chi connectivity index (χ3v) is 4.99. The summed E-state index contributed by atoms with van der Waals surface area (Å²) in [5.41, 5.74) is -1.07. The molecule has 3 atom stereocenters. The molecule has 6 nitrogen and oxygen atoms in total. The number of aliphatic carboxylic acids is 1. The number of amides is 3. The molecule has 0 aromatic carbocycles. The summed E-state index contributed by atoms with van der Waals surface area (Å²) in [7, 11) is 0. The topological polar surface area (TPSA) is 95.5 Å². The van der Waals surface area contributed by atoms with Crippen molar-refractivity contribution in [3.05, 3.63) is 22.4 Å². The van der Waals surface area contributed by atoms with Crippen LogP contribution in [-0.2, 0) is 16.0 Å². The van der Waals surface area contributed by atoms with E-state index in [-0.39, 0.29) is 5.92 Å². The SMILES string of the molecule is O=C1NC(=O)C(CCc2cccs2)([C@H]2C[C@@H]2C(=O)O)N1. The molecule has 3 N–H and O–H groups in total. The van der Waals surface area contributed by atoms with Crippen LogP contribution in [0.2, 0.25) is 0 Å². The van der Waals surface area contributed by atoms with Gasteiger partial charge in [0.1, 0.15) is 5.54 Å². The van der Waals surface area contributed by atoms with Crippen molar-refractivity contribution in [3.63, 3.8) is 0 Å². The van der Waals surface area contributed by atoms with Crippen molar-refractivity contribution < 1.29 is 19.5 Å². The Morgan fingerprint density at radius 3 is 2.80 bits per heavy atom. The van der Waals surface area contributed by atoms with E-state index in [0.717, 1.165) is 4.88 Å². The number of hydrogen-bond acceptors (Lipinski definition) is 4. The van der Waals surface area contributed by atoms with E-state index in [0.29, 0.717) is 19.3 Å². The Bertz CT molecular complexity index is 571. The molecule has 3 amide bonds. The van der Waals surface area contributed by atoms with Crippen LogP contribution in [-0.4, -0.2) is 28.6 Å². The van der Waals surface area contributed by atoms with E-state index in [2.05, 4.69) is 10.6 Å². The maximum atomic E-state index is 12.1. The highest BCUT2D eigenvalue weighted by atomic mass is 32.1. The van der Waals surface area contributed by atoms with Crippen molar-refractivity contribution in [2.75, 3.05) is 0 Å². The van der Waals surface area contributed by atoms with Gasteiger partial charge in [0.2, 0.25) is 0 Å². The highest BCUT2D eigenvalue weighted by molar-refractivity contribution is 7.09. The van der Waals surface area contributed by atoms with Gasteiger partial charge in [0, 0.05) is 10.8 Å². The normalized spacial score (nSPS) is 31.8. The Morgan fingerprint density at radius 2 is 2.30 bits per heavy atom.